The Kier molecular flexibility index (Phi) is 4.88. The summed E-state index contributed by atoms with van der Waals surface area (Å²) in [5, 5.41) is 5.84. The van der Waals surface area contributed by atoms with Gasteiger partial charge >= 0.3 is 0 Å². The van der Waals surface area contributed by atoms with E-state index in [2.05, 4.69) is 20.6 Å². The van der Waals surface area contributed by atoms with Crippen molar-refractivity contribution < 1.29 is 9.59 Å². The number of amides is 2. The van der Waals surface area contributed by atoms with Gasteiger partial charge in [-0.1, -0.05) is 0 Å². The van der Waals surface area contributed by atoms with Gasteiger partial charge in [0.1, 0.15) is 6.04 Å². The number of fused-ring (bicyclic) bond motifs is 1. The van der Waals surface area contributed by atoms with Crippen LogP contribution in [0.2, 0.25) is 0 Å². The number of hydrogen-bond donors (Lipinski definition) is 4. The van der Waals surface area contributed by atoms with Crippen LogP contribution in [0.4, 0.5) is 0 Å². The largest absolute Gasteiger partial charge is 0.350 e. The highest BCUT2D eigenvalue weighted by molar-refractivity contribution is 7.71. The smallest absolute Gasteiger partial charge is 0.259 e. The maximum atomic E-state index is 12.3. The Hall–Kier alpha value is -2.48. The van der Waals surface area contributed by atoms with E-state index in [1.54, 1.807) is 6.92 Å². The maximum Gasteiger partial charge on any atom is 0.259 e. The Labute approximate surface area is 143 Å². The predicted molar refractivity (Wildman–Crippen MR) is 94.6 cm³/mol. The monoisotopic (exact) mass is 348 g/mol. The first-order valence-corrected chi connectivity index (χ1v) is 7.87. The first-order chi connectivity index (χ1) is 11.1. The first kappa shape index (κ1) is 17.9. The summed E-state index contributed by atoms with van der Waals surface area (Å²) in [7, 11) is 0. The Morgan fingerprint density at radius 3 is 2.50 bits per heavy atom. The average molecular weight is 348 g/mol. The number of H-pyrrole nitrogens is 2. The van der Waals surface area contributed by atoms with Gasteiger partial charge in [0.25, 0.3) is 11.5 Å². The molecule has 4 N–H and O–H groups in total. The van der Waals surface area contributed by atoms with Crippen LogP contribution in [-0.4, -0.2) is 33.4 Å². The molecular formula is C16H20N4O3S. The van der Waals surface area contributed by atoms with E-state index in [1.807, 2.05) is 20.8 Å². The number of carbonyl (C=O) groups is 2. The van der Waals surface area contributed by atoms with Crippen LogP contribution in [-0.2, 0) is 4.79 Å². The second-order valence-corrected chi connectivity index (χ2v) is 7.01. The van der Waals surface area contributed by atoms with Gasteiger partial charge in [-0.25, -0.2) is 0 Å². The molecule has 2 aromatic rings. The van der Waals surface area contributed by atoms with Crippen molar-refractivity contribution >= 4 is 34.9 Å². The van der Waals surface area contributed by atoms with Crippen LogP contribution in [0.5, 0.6) is 0 Å². The first-order valence-electron chi connectivity index (χ1n) is 7.46. The van der Waals surface area contributed by atoms with Gasteiger partial charge in [0.2, 0.25) is 5.91 Å². The van der Waals surface area contributed by atoms with E-state index in [1.165, 1.54) is 18.2 Å². The molecule has 128 valence electrons. The van der Waals surface area contributed by atoms with Crippen LogP contribution in [0.1, 0.15) is 38.1 Å². The Bertz CT molecular complexity index is 908. The van der Waals surface area contributed by atoms with Gasteiger partial charge in [0.15, 0.2) is 4.77 Å². The molecule has 2 amide bonds. The molecule has 1 heterocycles. The van der Waals surface area contributed by atoms with E-state index in [0.29, 0.717) is 16.5 Å². The van der Waals surface area contributed by atoms with Crippen LogP contribution in [0, 0.1) is 4.77 Å². The molecule has 0 aliphatic carbocycles. The topological polar surface area (TPSA) is 107 Å². The highest BCUT2D eigenvalue weighted by atomic mass is 32.1. The summed E-state index contributed by atoms with van der Waals surface area (Å²) in [6, 6.07) is 3.90. The Balaban J connectivity index is 2.21. The molecule has 0 radical (unpaired) electrons. The van der Waals surface area contributed by atoms with Gasteiger partial charge < -0.3 is 15.6 Å². The number of benzene rings is 1. The zero-order chi connectivity index (χ0) is 18.1. The van der Waals surface area contributed by atoms with Crippen LogP contribution in [0.15, 0.2) is 23.0 Å². The van der Waals surface area contributed by atoms with Gasteiger partial charge in [-0.2, -0.15) is 0 Å². The fraction of sp³-hybridized carbons (Fsp3) is 0.375. The molecule has 8 heteroatoms. The van der Waals surface area contributed by atoms with E-state index in [0.717, 1.165) is 0 Å². The van der Waals surface area contributed by atoms with Crippen LogP contribution < -0.4 is 16.2 Å². The molecule has 7 nitrogen and oxygen atoms in total. The molecule has 0 saturated heterocycles. The summed E-state index contributed by atoms with van der Waals surface area (Å²) in [4.78, 5) is 41.5. The number of hydrogen-bond acceptors (Lipinski definition) is 4. The van der Waals surface area contributed by atoms with E-state index >= 15 is 0 Å². The van der Waals surface area contributed by atoms with Crippen molar-refractivity contribution in [3.63, 3.8) is 0 Å². The van der Waals surface area contributed by atoms with Gasteiger partial charge in [-0.15, -0.1) is 0 Å². The van der Waals surface area contributed by atoms with Gasteiger partial charge in [0.05, 0.1) is 10.9 Å². The number of rotatable bonds is 3. The highest BCUT2D eigenvalue weighted by Crippen LogP contribution is 2.10. The third-order valence-electron chi connectivity index (χ3n) is 3.24. The highest BCUT2D eigenvalue weighted by Gasteiger charge is 2.21. The summed E-state index contributed by atoms with van der Waals surface area (Å²) in [6.07, 6.45) is 0. The molecule has 2 rings (SSSR count). The number of nitrogens with one attached hydrogen (secondary N) is 4. The van der Waals surface area contributed by atoms with Crippen molar-refractivity contribution in [2.45, 2.75) is 39.3 Å². The maximum absolute atomic E-state index is 12.3. The molecule has 0 aliphatic heterocycles. The van der Waals surface area contributed by atoms with Crippen molar-refractivity contribution in [3.05, 3.63) is 38.9 Å². The van der Waals surface area contributed by atoms with Crippen LogP contribution >= 0.6 is 12.2 Å². The van der Waals surface area contributed by atoms with E-state index < -0.39 is 11.9 Å². The number of carbonyl (C=O) groups excluding carboxylic acids is 2. The standard InChI is InChI=1S/C16H20N4O3S/c1-8(12(21)20-16(2,3)4)17-13(22)9-5-6-10-11(7-9)18-15(24)19-14(10)23/h5-8H,1-4H3,(H,17,22)(H,20,21)(H2,18,19,23,24). The van der Waals surface area contributed by atoms with Gasteiger partial charge in [0, 0.05) is 11.1 Å². The molecular weight excluding hydrogens is 328 g/mol. The summed E-state index contributed by atoms with van der Waals surface area (Å²) < 4.78 is 0.183. The van der Waals surface area contributed by atoms with Crippen LogP contribution in [0.3, 0.4) is 0 Å². The zero-order valence-electron chi connectivity index (χ0n) is 13.9. The lowest BCUT2D eigenvalue weighted by Crippen LogP contribution is -2.50. The Morgan fingerprint density at radius 2 is 1.88 bits per heavy atom. The van der Waals surface area contributed by atoms with Crippen molar-refractivity contribution in [1.29, 1.82) is 0 Å². The quantitative estimate of drug-likeness (QED) is 0.632. The SMILES string of the molecule is CC(NC(=O)c1ccc2c(=O)[nH]c(=S)[nH]c2c1)C(=O)NC(C)(C)C. The summed E-state index contributed by atoms with van der Waals surface area (Å²) in [5.74, 6) is -0.680. The molecule has 24 heavy (non-hydrogen) atoms. The molecule has 1 atom stereocenters. The normalized spacial score (nSPS) is 12.7. The minimum absolute atomic E-state index is 0.183. The zero-order valence-corrected chi connectivity index (χ0v) is 14.8. The lowest BCUT2D eigenvalue weighted by molar-refractivity contribution is -0.124. The van der Waals surface area contributed by atoms with Gasteiger partial charge in [-0.05, 0) is 58.1 Å². The van der Waals surface area contributed by atoms with E-state index in [-0.39, 0.29) is 21.8 Å². The van der Waals surface area contributed by atoms with Crippen molar-refractivity contribution in [2.75, 3.05) is 0 Å². The molecule has 0 spiro atoms. The average Bonchev–Trinajstić information content (AvgIpc) is 2.44. The predicted octanol–water partition coefficient (Wildman–Crippen LogP) is 1.62. The van der Waals surface area contributed by atoms with Crippen molar-refractivity contribution in [1.82, 2.24) is 20.6 Å². The summed E-state index contributed by atoms with van der Waals surface area (Å²) >= 11 is 4.93. The van der Waals surface area contributed by atoms with Crippen molar-refractivity contribution in [2.24, 2.45) is 0 Å². The fourth-order valence-electron chi connectivity index (χ4n) is 2.13. The molecule has 0 fully saturated rings. The molecule has 0 bridgehead atoms. The lowest BCUT2D eigenvalue weighted by Gasteiger charge is -2.23. The van der Waals surface area contributed by atoms with Crippen LogP contribution in [0.25, 0.3) is 10.9 Å². The second-order valence-electron chi connectivity index (χ2n) is 6.60. The van der Waals surface area contributed by atoms with E-state index in [9.17, 15) is 14.4 Å². The third-order valence-corrected chi connectivity index (χ3v) is 3.44. The number of aromatic nitrogens is 2. The van der Waals surface area contributed by atoms with E-state index in [4.69, 9.17) is 12.2 Å². The minimum Gasteiger partial charge on any atom is -0.350 e. The Morgan fingerprint density at radius 1 is 1.21 bits per heavy atom. The lowest BCUT2D eigenvalue weighted by atomic mass is 10.1. The molecule has 1 unspecified atom stereocenters. The fourth-order valence-corrected chi connectivity index (χ4v) is 2.34. The summed E-state index contributed by atoms with van der Waals surface area (Å²) in [6.45, 7) is 7.20. The summed E-state index contributed by atoms with van der Waals surface area (Å²) in [5.41, 5.74) is 0.0884. The third kappa shape index (κ3) is 4.29. The second kappa shape index (κ2) is 6.56. The van der Waals surface area contributed by atoms with Gasteiger partial charge in [-0.3, -0.25) is 19.4 Å². The molecule has 0 aliphatic rings. The molecule has 1 aromatic heterocycles. The molecule has 1 aromatic carbocycles. The minimum atomic E-state index is -0.690. The number of aromatic amines is 2. The molecule has 0 saturated carbocycles. The van der Waals surface area contributed by atoms with Crippen molar-refractivity contribution in [3.8, 4) is 0 Å².